The highest BCUT2D eigenvalue weighted by atomic mass is 32.2. The molecule has 1 aliphatic carbocycles. The Hall–Kier alpha value is -0.710. The summed E-state index contributed by atoms with van der Waals surface area (Å²) in [6.45, 7) is 0.498. The van der Waals surface area contributed by atoms with E-state index in [0.717, 1.165) is 24.8 Å². The maximum atomic E-state index is 10.7. The van der Waals surface area contributed by atoms with Gasteiger partial charge in [-0.3, -0.25) is 4.21 Å². The van der Waals surface area contributed by atoms with E-state index in [1.54, 1.807) is 0 Å². The van der Waals surface area contributed by atoms with Gasteiger partial charge in [-0.25, -0.2) is 0 Å². The van der Waals surface area contributed by atoms with Crippen LogP contribution in [0.25, 0.3) is 0 Å². The first-order valence-corrected chi connectivity index (χ1v) is 6.68. The molecule has 1 atom stereocenters. The van der Waals surface area contributed by atoms with Gasteiger partial charge in [0.25, 0.3) is 0 Å². The number of benzene rings is 1. The van der Waals surface area contributed by atoms with E-state index in [1.165, 1.54) is 0 Å². The Kier molecular flexibility index (Phi) is 3.74. The van der Waals surface area contributed by atoms with Crippen molar-refractivity contribution >= 4 is 11.1 Å². The lowest BCUT2D eigenvalue weighted by molar-refractivity contribution is -0.0924. The largest absolute Gasteiger partial charge is 0.772 e. The molecule has 0 heterocycles. The summed E-state index contributed by atoms with van der Waals surface area (Å²) >= 11 is -2.02. The van der Waals surface area contributed by atoms with Crippen molar-refractivity contribution in [3.8, 4) is 0 Å². The summed E-state index contributed by atoms with van der Waals surface area (Å²) in [5, 5.41) is 0. The summed E-state index contributed by atoms with van der Waals surface area (Å²) in [4.78, 5) is 0. The van der Waals surface area contributed by atoms with Gasteiger partial charge in [0.15, 0.2) is 0 Å². The zero-order valence-corrected chi connectivity index (χ0v) is 9.87. The molecule has 0 N–H and O–H groups in total. The second kappa shape index (κ2) is 5.08. The van der Waals surface area contributed by atoms with Crippen LogP contribution in [0.15, 0.2) is 30.3 Å². The molecule has 88 valence electrons. The molecule has 0 bridgehead atoms. The molecule has 1 fully saturated rings. The SMILES string of the molecule is O=S([O-])CC1(OCc2ccccc2)CCC1. The highest BCUT2D eigenvalue weighted by Crippen LogP contribution is 2.36. The summed E-state index contributed by atoms with van der Waals surface area (Å²) in [5.41, 5.74) is 0.674. The molecule has 1 unspecified atom stereocenters. The van der Waals surface area contributed by atoms with Gasteiger partial charge in [0.05, 0.1) is 12.2 Å². The van der Waals surface area contributed by atoms with Gasteiger partial charge in [0, 0.05) is 5.75 Å². The van der Waals surface area contributed by atoms with Gasteiger partial charge in [-0.05, 0) is 24.8 Å². The summed E-state index contributed by atoms with van der Waals surface area (Å²) < 4.78 is 27.2. The lowest BCUT2D eigenvalue weighted by Gasteiger charge is -2.42. The predicted octanol–water partition coefficient (Wildman–Crippen LogP) is 2.00. The van der Waals surface area contributed by atoms with Crippen molar-refractivity contribution in [2.24, 2.45) is 0 Å². The van der Waals surface area contributed by atoms with Crippen molar-refractivity contribution in [2.45, 2.75) is 31.5 Å². The molecular formula is C12H15O3S-. The molecule has 0 spiro atoms. The van der Waals surface area contributed by atoms with E-state index < -0.39 is 16.7 Å². The predicted molar refractivity (Wildman–Crippen MR) is 61.6 cm³/mol. The lowest BCUT2D eigenvalue weighted by atomic mass is 9.81. The highest BCUT2D eigenvalue weighted by molar-refractivity contribution is 7.79. The molecule has 0 radical (unpaired) electrons. The number of hydrogen-bond donors (Lipinski definition) is 0. The third kappa shape index (κ3) is 2.90. The average Bonchev–Trinajstić information content (AvgIpc) is 2.23. The molecule has 1 saturated carbocycles. The van der Waals surface area contributed by atoms with E-state index in [2.05, 4.69) is 0 Å². The van der Waals surface area contributed by atoms with Gasteiger partial charge < -0.3 is 9.29 Å². The van der Waals surface area contributed by atoms with E-state index in [9.17, 15) is 8.76 Å². The second-order valence-electron chi connectivity index (χ2n) is 4.26. The number of ether oxygens (including phenoxy) is 1. The van der Waals surface area contributed by atoms with Gasteiger partial charge in [0.1, 0.15) is 0 Å². The molecule has 1 aromatic carbocycles. The normalized spacial score (nSPS) is 20.1. The monoisotopic (exact) mass is 239 g/mol. The zero-order chi connectivity index (χ0) is 11.4. The Morgan fingerprint density at radius 3 is 2.50 bits per heavy atom. The molecule has 0 amide bonds. The quantitative estimate of drug-likeness (QED) is 0.738. The molecule has 3 nitrogen and oxygen atoms in total. The van der Waals surface area contributed by atoms with Crippen LogP contribution in [0.4, 0.5) is 0 Å². The van der Waals surface area contributed by atoms with Crippen LogP contribution < -0.4 is 0 Å². The van der Waals surface area contributed by atoms with Gasteiger partial charge in [-0.15, -0.1) is 0 Å². The van der Waals surface area contributed by atoms with E-state index >= 15 is 0 Å². The van der Waals surface area contributed by atoms with Crippen LogP contribution in [0.5, 0.6) is 0 Å². The van der Waals surface area contributed by atoms with E-state index in [1.807, 2.05) is 30.3 Å². The van der Waals surface area contributed by atoms with Gasteiger partial charge >= 0.3 is 0 Å². The average molecular weight is 239 g/mol. The smallest absolute Gasteiger partial charge is 0.0790 e. The minimum Gasteiger partial charge on any atom is -0.772 e. The maximum absolute atomic E-state index is 10.7. The standard InChI is InChI=1S/C12H16O3S/c13-16(14)10-12(7-4-8-12)15-9-11-5-2-1-3-6-11/h1-3,5-6H,4,7-10H2,(H,13,14)/p-1. The van der Waals surface area contributed by atoms with E-state index in [4.69, 9.17) is 4.74 Å². The van der Waals surface area contributed by atoms with E-state index in [-0.39, 0.29) is 5.75 Å². The summed E-state index contributed by atoms with van der Waals surface area (Å²) in [6, 6.07) is 9.84. The topological polar surface area (TPSA) is 49.4 Å². The Morgan fingerprint density at radius 2 is 2.00 bits per heavy atom. The van der Waals surface area contributed by atoms with Crippen molar-refractivity contribution in [3.05, 3.63) is 35.9 Å². The molecule has 0 aliphatic heterocycles. The van der Waals surface area contributed by atoms with Crippen LogP contribution in [0.1, 0.15) is 24.8 Å². The Bertz CT molecular complexity index is 360. The molecule has 1 aliphatic rings. The number of hydrogen-bond acceptors (Lipinski definition) is 3. The van der Waals surface area contributed by atoms with Crippen molar-refractivity contribution in [1.29, 1.82) is 0 Å². The Morgan fingerprint density at radius 1 is 1.31 bits per heavy atom. The fraction of sp³-hybridized carbons (Fsp3) is 0.500. The van der Waals surface area contributed by atoms with Gasteiger partial charge in [-0.1, -0.05) is 41.4 Å². The lowest BCUT2D eigenvalue weighted by Crippen LogP contribution is -2.44. The van der Waals surface area contributed by atoms with Gasteiger partial charge in [-0.2, -0.15) is 0 Å². The minimum absolute atomic E-state index is 0.125. The van der Waals surface area contributed by atoms with Crippen molar-refractivity contribution in [1.82, 2.24) is 0 Å². The van der Waals surface area contributed by atoms with Crippen LogP contribution in [0.3, 0.4) is 0 Å². The Labute approximate surface area is 98.1 Å². The highest BCUT2D eigenvalue weighted by Gasteiger charge is 2.38. The molecular weight excluding hydrogens is 224 g/mol. The maximum Gasteiger partial charge on any atom is 0.0790 e. The third-order valence-electron chi connectivity index (χ3n) is 3.03. The molecule has 4 heteroatoms. The molecule has 0 saturated heterocycles. The van der Waals surface area contributed by atoms with Crippen LogP contribution in [-0.2, 0) is 22.4 Å². The van der Waals surface area contributed by atoms with Crippen LogP contribution in [0, 0.1) is 0 Å². The van der Waals surface area contributed by atoms with Crippen molar-refractivity contribution < 1.29 is 13.5 Å². The fourth-order valence-corrected chi connectivity index (χ4v) is 2.73. The minimum atomic E-state index is -2.02. The fourth-order valence-electron chi connectivity index (χ4n) is 1.93. The summed E-state index contributed by atoms with van der Waals surface area (Å²) in [7, 11) is 0. The molecule has 0 aromatic heterocycles. The first-order valence-electron chi connectivity index (χ1n) is 5.44. The molecule has 1 aromatic rings. The molecule has 2 rings (SSSR count). The zero-order valence-electron chi connectivity index (χ0n) is 9.06. The first-order chi connectivity index (χ1) is 7.70. The van der Waals surface area contributed by atoms with E-state index in [0.29, 0.717) is 6.61 Å². The van der Waals surface area contributed by atoms with Gasteiger partial charge in [0.2, 0.25) is 0 Å². The van der Waals surface area contributed by atoms with Crippen molar-refractivity contribution in [2.75, 3.05) is 5.75 Å². The number of rotatable bonds is 5. The third-order valence-corrected chi connectivity index (χ3v) is 3.80. The molecule has 16 heavy (non-hydrogen) atoms. The van der Waals surface area contributed by atoms with Crippen molar-refractivity contribution in [3.63, 3.8) is 0 Å². The summed E-state index contributed by atoms with van der Waals surface area (Å²) in [6.07, 6.45) is 2.77. The van der Waals surface area contributed by atoms with Crippen LogP contribution in [0.2, 0.25) is 0 Å². The summed E-state index contributed by atoms with van der Waals surface area (Å²) in [5.74, 6) is 0.125. The first kappa shape index (κ1) is 11.8. The Balaban J connectivity index is 1.90. The van der Waals surface area contributed by atoms with Crippen LogP contribution in [-0.4, -0.2) is 20.1 Å². The second-order valence-corrected chi connectivity index (χ2v) is 5.16. The van der Waals surface area contributed by atoms with Crippen LogP contribution >= 0.6 is 0 Å².